The maximum absolute atomic E-state index is 13.0. The van der Waals surface area contributed by atoms with Crippen molar-refractivity contribution in [3.8, 4) is 0 Å². The van der Waals surface area contributed by atoms with Gasteiger partial charge >= 0.3 is 0 Å². The lowest BCUT2D eigenvalue weighted by atomic mass is 10.1. The highest BCUT2D eigenvalue weighted by Crippen LogP contribution is 2.13. The molecule has 4 heteroatoms. The molecule has 1 rings (SSSR count). The second-order valence-electron chi connectivity index (χ2n) is 4.36. The van der Waals surface area contributed by atoms with E-state index in [-0.39, 0.29) is 23.8 Å². The second-order valence-corrected chi connectivity index (χ2v) is 4.36. The maximum atomic E-state index is 13.0. The van der Waals surface area contributed by atoms with Gasteiger partial charge in [0.2, 0.25) is 5.91 Å². The smallest absolute Gasteiger partial charge is 0.220 e. The zero-order valence-electron chi connectivity index (χ0n) is 10.2. The largest absolute Gasteiger partial charge is 0.350 e. The Hall–Kier alpha value is -1.42. The molecule has 0 aliphatic heterocycles. The van der Waals surface area contributed by atoms with Crippen molar-refractivity contribution in [1.29, 1.82) is 0 Å². The van der Waals surface area contributed by atoms with E-state index in [0.717, 1.165) is 5.56 Å². The van der Waals surface area contributed by atoms with Gasteiger partial charge in [0, 0.05) is 12.5 Å². The number of benzene rings is 1. The van der Waals surface area contributed by atoms with Crippen LogP contribution in [0.3, 0.4) is 0 Å². The van der Waals surface area contributed by atoms with Crippen molar-refractivity contribution in [1.82, 2.24) is 5.32 Å². The van der Waals surface area contributed by atoms with E-state index in [1.807, 2.05) is 13.8 Å². The molecule has 17 heavy (non-hydrogen) atoms. The van der Waals surface area contributed by atoms with E-state index in [2.05, 4.69) is 5.32 Å². The lowest BCUT2D eigenvalue weighted by molar-refractivity contribution is -0.121. The summed E-state index contributed by atoms with van der Waals surface area (Å²) in [5.41, 5.74) is 6.34. The van der Waals surface area contributed by atoms with Gasteiger partial charge in [0.05, 0.1) is 6.04 Å². The molecule has 1 amide bonds. The summed E-state index contributed by atoms with van der Waals surface area (Å²) in [7, 11) is 0. The summed E-state index contributed by atoms with van der Waals surface area (Å²) >= 11 is 0. The van der Waals surface area contributed by atoms with Gasteiger partial charge in [-0.3, -0.25) is 4.79 Å². The number of halogens is 1. The number of rotatable bonds is 5. The van der Waals surface area contributed by atoms with E-state index < -0.39 is 0 Å². The van der Waals surface area contributed by atoms with E-state index in [1.165, 1.54) is 12.1 Å². The van der Waals surface area contributed by atoms with Crippen LogP contribution in [0.4, 0.5) is 4.39 Å². The zero-order valence-corrected chi connectivity index (χ0v) is 10.2. The second kappa shape index (κ2) is 6.35. The monoisotopic (exact) mass is 238 g/mol. The molecular weight excluding hydrogens is 219 g/mol. The molecule has 2 atom stereocenters. The molecule has 1 aromatic rings. The number of nitrogens with two attached hydrogens (primary N) is 1. The van der Waals surface area contributed by atoms with Crippen LogP contribution in [0.5, 0.6) is 0 Å². The number of amides is 1. The molecule has 0 heterocycles. The molecular formula is C13H19FN2O. The summed E-state index contributed by atoms with van der Waals surface area (Å²) in [5.74, 6) is -0.349. The van der Waals surface area contributed by atoms with Crippen LogP contribution in [-0.4, -0.2) is 11.9 Å². The minimum atomic E-state index is -0.292. The van der Waals surface area contributed by atoms with Gasteiger partial charge in [-0.1, -0.05) is 12.1 Å². The number of hydrogen-bond acceptors (Lipinski definition) is 2. The van der Waals surface area contributed by atoms with Crippen molar-refractivity contribution in [2.75, 3.05) is 0 Å². The van der Waals surface area contributed by atoms with E-state index >= 15 is 0 Å². The Morgan fingerprint density at radius 1 is 1.47 bits per heavy atom. The van der Waals surface area contributed by atoms with Crippen molar-refractivity contribution in [3.63, 3.8) is 0 Å². The van der Waals surface area contributed by atoms with Crippen LogP contribution in [0.25, 0.3) is 0 Å². The Labute approximate surface area is 101 Å². The average Bonchev–Trinajstić information content (AvgIpc) is 2.26. The minimum absolute atomic E-state index is 0.0187. The highest BCUT2D eigenvalue weighted by molar-refractivity contribution is 5.76. The van der Waals surface area contributed by atoms with Crippen LogP contribution in [-0.2, 0) is 4.79 Å². The first kappa shape index (κ1) is 13.6. The molecule has 0 aromatic heterocycles. The molecule has 1 aromatic carbocycles. The normalized spacial score (nSPS) is 14.1. The molecule has 3 nitrogen and oxygen atoms in total. The molecule has 0 saturated carbocycles. The average molecular weight is 238 g/mol. The summed E-state index contributed by atoms with van der Waals surface area (Å²) in [6.45, 7) is 3.70. The SMILES string of the molecule is CC(N)CCC(=O)NC(C)c1cccc(F)c1. The van der Waals surface area contributed by atoms with Crippen molar-refractivity contribution in [2.24, 2.45) is 5.73 Å². The van der Waals surface area contributed by atoms with E-state index in [0.29, 0.717) is 12.8 Å². The topological polar surface area (TPSA) is 55.1 Å². The number of hydrogen-bond donors (Lipinski definition) is 2. The fourth-order valence-corrected chi connectivity index (χ4v) is 1.53. The van der Waals surface area contributed by atoms with Gasteiger partial charge in [0.25, 0.3) is 0 Å². The summed E-state index contributed by atoms with van der Waals surface area (Å²) in [5, 5.41) is 2.82. The van der Waals surface area contributed by atoms with E-state index in [4.69, 9.17) is 5.73 Å². The molecule has 0 aliphatic rings. The molecule has 3 N–H and O–H groups in total. The molecule has 0 aliphatic carbocycles. The summed E-state index contributed by atoms with van der Waals surface area (Å²) in [4.78, 5) is 11.6. The lowest BCUT2D eigenvalue weighted by Gasteiger charge is -2.14. The molecule has 94 valence electrons. The summed E-state index contributed by atoms with van der Waals surface area (Å²) in [6, 6.07) is 6.07. The predicted molar refractivity (Wildman–Crippen MR) is 65.8 cm³/mol. The first-order chi connectivity index (χ1) is 7.99. The van der Waals surface area contributed by atoms with E-state index in [9.17, 15) is 9.18 Å². The van der Waals surface area contributed by atoms with Crippen LogP contribution in [0.2, 0.25) is 0 Å². The van der Waals surface area contributed by atoms with Crippen molar-refractivity contribution >= 4 is 5.91 Å². The molecule has 0 radical (unpaired) electrons. The van der Waals surface area contributed by atoms with Crippen LogP contribution in [0, 0.1) is 5.82 Å². The highest BCUT2D eigenvalue weighted by Gasteiger charge is 2.10. The van der Waals surface area contributed by atoms with Gasteiger partial charge < -0.3 is 11.1 Å². The Bertz CT molecular complexity index is 379. The predicted octanol–water partition coefficient (Wildman–Crippen LogP) is 2.13. The standard InChI is InChI=1S/C13H19FN2O/c1-9(15)6-7-13(17)16-10(2)11-4-3-5-12(14)8-11/h3-5,8-10H,6-7,15H2,1-2H3,(H,16,17). The fourth-order valence-electron chi connectivity index (χ4n) is 1.53. The summed E-state index contributed by atoms with van der Waals surface area (Å²) in [6.07, 6.45) is 1.05. The van der Waals surface area contributed by atoms with Crippen LogP contribution >= 0.6 is 0 Å². The Morgan fingerprint density at radius 3 is 2.76 bits per heavy atom. The van der Waals surface area contributed by atoms with Crippen molar-refractivity contribution < 1.29 is 9.18 Å². The number of nitrogens with one attached hydrogen (secondary N) is 1. The third-order valence-corrected chi connectivity index (χ3v) is 2.55. The molecule has 0 bridgehead atoms. The van der Waals surface area contributed by atoms with Gasteiger partial charge in [-0.25, -0.2) is 4.39 Å². The number of carbonyl (C=O) groups is 1. The van der Waals surface area contributed by atoms with Crippen LogP contribution in [0.1, 0.15) is 38.3 Å². The van der Waals surface area contributed by atoms with Crippen LogP contribution < -0.4 is 11.1 Å². The Balaban J connectivity index is 2.48. The van der Waals surface area contributed by atoms with Gasteiger partial charge in [-0.2, -0.15) is 0 Å². The molecule has 0 saturated heterocycles. The third kappa shape index (κ3) is 4.95. The molecule has 0 spiro atoms. The first-order valence-corrected chi connectivity index (χ1v) is 5.79. The Kier molecular flexibility index (Phi) is 5.10. The lowest BCUT2D eigenvalue weighted by Crippen LogP contribution is -2.28. The highest BCUT2D eigenvalue weighted by atomic mass is 19.1. The quantitative estimate of drug-likeness (QED) is 0.825. The maximum Gasteiger partial charge on any atom is 0.220 e. The van der Waals surface area contributed by atoms with Gasteiger partial charge in [-0.15, -0.1) is 0 Å². The molecule has 0 fully saturated rings. The minimum Gasteiger partial charge on any atom is -0.350 e. The van der Waals surface area contributed by atoms with Crippen molar-refractivity contribution in [2.45, 2.75) is 38.8 Å². The van der Waals surface area contributed by atoms with Crippen LogP contribution in [0.15, 0.2) is 24.3 Å². The summed E-state index contributed by atoms with van der Waals surface area (Å²) < 4.78 is 13.0. The zero-order chi connectivity index (χ0) is 12.8. The number of carbonyl (C=O) groups excluding carboxylic acids is 1. The Morgan fingerprint density at radius 2 is 2.18 bits per heavy atom. The van der Waals surface area contributed by atoms with Gasteiger partial charge in [0.1, 0.15) is 5.82 Å². The van der Waals surface area contributed by atoms with Gasteiger partial charge in [-0.05, 0) is 38.0 Å². The first-order valence-electron chi connectivity index (χ1n) is 5.79. The third-order valence-electron chi connectivity index (χ3n) is 2.55. The van der Waals surface area contributed by atoms with Gasteiger partial charge in [0.15, 0.2) is 0 Å². The molecule has 2 unspecified atom stereocenters. The van der Waals surface area contributed by atoms with Crippen molar-refractivity contribution in [3.05, 3.63) is 35.6 Å². The van der Waals surface area contributed by atoms with E-state index in [1.54, 1.807) is 12.1 Å². The fraction of sp³-hybridized carbons (Fsp3) is 0.462.